The van der Waals surface area contributed by atoms with Crippen molar-refractivity contribution in [2.75, 3.05) is 20.3 Å². The second-order valence-electron chi connectivity index (χ2n) is 3.96. The SMILES string of the molecule is CN(CCCF)S(=O)(=O)c1ccn2cncc2c1. The van der Waals surface area contributed by atoms with Crippen LogP contribution in [0.3, 0.4) is 0 Å². The molecule has 0 aliphatic heterocycles. The normalized spacial score (nSPS) is 12.4. The first-order valence-electron chi connectivity index (χ1n) is 5.50. The molecule has 7 heteroatoms. The fraction of sp³-hybridized carbons (Fsp3) is 0.364. The number of nitrogens with zero attached hydrogens (tertiary/aromatic N) is 3. The van der Waals surface area contributed by atoms with Crippen LogP contribution in [0.2, 0.25) is 0 Å². The molecule has 0 bridgehead atoms. The molecule has 2 heterocycles. The van der Waals surface area contributed by atoms with Crippen LogP contribution < -0.4 is 0 Å². The second-order valence-corrected chi connectivity index (χ2v) is 6.00. The van der Waals surface area contributed by atoms with Crippen LogP contribution in [0, 0.1) is 0 Å². The summed E-state index contributed by atoms with van der Waals surface area (Å²) in [4.78, 5) is 4.12. The highest BCUT2D eigenvalue weighted by molar-refractivity contribution is 7.89. The Bertz CT molecular complexity index is 639. The number of alkyl halides is 1. The van der Waals surface area contributed by atoms with Crippen molar-refractivity contribution >= 4 is 15.5 Å². The summed E-state index contributed by atoms with van der Waals surface area (Å²) in [5, 5.41) is 0. The zero-order valence-corrected chi connectivity index (χ0v) is 10.8. The Kier molecular flexibility index (Phi) is 3.63. The summed E-state index contributed by atoms with van der Waals surface area (Å²) in [6.07, 6.45) is 5.02. The largest absolute Gasteiger partial charge is 0.306 e. The number of aromatic nitrogens is 2. The number of fused-ring (bicyclic) bond motifs is 1. The van der Waals surface area contributed by atoms with E-state index in [1.165, 1.54) is 13.1 Å². The van der Waals surface area contributed by atoms with Gasteiger partial charge in [-0.15, -0.1) is 0 Å². The third kappa shape index (κ3) is 2.37. The summed E-state index contributed by atoms with van der Waals surface area (Å²) in [6, 6.07) is 3.06. The molecule has 0 aliphatic carbocycles. The molecule has 0 saturated carbocycles. The van der Waals surface area contributed by atoms with E-state index in [0.717, 1.165) is 4.31 Å². The van der Waals surface area contributed by atoms with Gasteiger partial charge in [0.1, 0.15) is 0 Å². The Morgan fingerprint density at radius 2 is 2.28 bits per heavy atom. The third-order valence-electron chi connectivity index (χ3n) is 2.70. The van der Waals surface area contributed by atoms with Crippen molar-refractivity contribution in [2.24, 2.45) is 0 Å². The molecule has 0 unspecified atom stereocenters. The van der Waals surface area contributed by atoms with Crippen molar-refractivity contribution in [1.29, 1.82) is 0 Å². The fourth-order valence-corrected chi connectivity index (χ4v) is 2.87. The van der Waals surface area contributed by atoms with Gasteiger partial charge >= 0.3 is 0 Å². The lowest BCUT2D eigenvalue weighted by Gasteiger charge is -2.16. The van der Waals surface area contributed by atoms with Crippen molar-refractivity contribution in [1.82, 2.24) is 13.7 Å². The predicted molar refractivity (Wildman–Crippen MR) is 65.6 cm³/mol. The summed E-state index contributed by atoms with van der Waals surface area (Å²) < 4.78 is 39.3. The first kappa shape index (κ1) is 13.0. The molecule has 0 N–H and O–H groups in total. The van der Waals surface area contributed by atoms with E-state index in [1.54, 1.807) is 29.2 Å². The van der Waals surface area contributed by atoms with E-state index in [1.807, 2.05) is 0 Å². The van der Waals surface area contributed by atoms with E-state index in [2.05, 4.69) is 4.98 Å². The molecule has 0 aliphatic rings. The first-order valence-corrected chi connectivity index (χ1v) is 6.94. The Morgan fingerprint density at radius 3 is 3.00 bits per heavy atom. The molecule has 98 valence electrons. The molecule has 2 aromatic heterocycles. The van der Waals surface area contributed by atoms with Gasteiger partial charge in [-0.1, -0.05) is 0 Å². The van der Waals surface area contributed by atoms with Crippen molar-refractivity contribution in [2.45, 2.75) is 11.3 Å². The van der Waals surface area contributed by atoms with Crippen molar-refractivity contribution in [3.8, 4) is 0 Å². The predicted octanol–water partition coefficient (Wildman–Crippen LogP) is 1.31. The van der Waals surface area contributed by atoms with Gasteiger partial charge in [-0.2, -0.15) is 0 Å². The van der Waals surface area contributed by atoms with Gasteiger partial charge in [-0.05, 0) is 18.6 Å². The fourth-order valence-electron chi connectivity index (χ4n) is 1.64. The highest BCUT2D eigenvalue weighted by Gasteiger charge is 2.20. The number of halogens is 1. The lowest BCUT2D eigenvalue weighted by Crippen LogP contribution is -2.28. The molecule has 2 rings (SSSR count). The molecule has 2 aromatic rings. The Labute approximate surface area is 105 Å². The molecule has 0 saturated heterocycles. The molecule has 0 spiro atoms. The van der Waals surface area contributed by atoms with E-state index < -0.39 is 16.7 Å². The summed E-state index contributed by atoms with van der Waals surface area (Å²) in [5.41, 5.74) is 0.704. The van der Waals surface area contributed by atoms with Gasteiger partial charge < -0.3 is 4.40 Å². The first-order chi connectivity index (χ1) is 8.55. The molecule has 18 heavy (non-hydrogen) atoms. The monoisotopic (exact) mass is 271 g/mol. The van der Waals surface area contributed by atoms with Crippen LogP contribution in [0.5, 0.6) is 0 Å². The molecule has 0 amide bonds. The number of hydrogen-bond acceptors (Lipinski definition) is 3. The minimum Gasteiger partial charge on any atom is -0.306 e. The molecular formula is C11H14FN3O2S. The summed E-state index contributed by atoms with van der Waals surface area (Å²) in [7, 11) is -2.11. The highest BCUT2D eigenvalue weighted by Crippen LogP contribution is 2.16. The van der Waals surface area contributed by atoms with E-state index in [-0.39, 0.29) is 17.9 Å². The van der Waals surface area contributed by atoms with E-state index in [9.17, 15) is 12.8 Å². The highest BCUT2D eigenvalue weighted by atomic mass is 32.2. The van der Waals surface area contributed by atoms with Crippen LogP contribution in [0.15, 0.2) is 35.7 Å². The molecule has 0 radical (unpaired) electrons. The van der Waals surface area contributed by atoms with E-state index in [0.29, 0.717) is 5.52 Å². The standard InChI is InChI=1S/C11H14FN3O2S/c1-14(5-2-4-12)18(16,17)11-3-6-15-9-13-8-10(15)7-11/h3,6-9H,2,4-5H2,1H3. The van der Waals surface area contributed by atoms with Crippen LogP contribution in [0.25, 0.3) is 5.52 Å². The van der Waals surface area contributed by atoms with E-state index >= 15 is 0 Å². The maximum Gasteiger partial charge on any atom is 0.242 e. The lowest BCUT2D eigenvalue weighted by atomic mass is 10.4. The number of pyridine rings is 1. The summed E-state index contributed by atoms with van der Waals surface area (Å²) in [5.74, 6) is 0. The molecular weight excluding hydrogens is 257 g/mol. The number of imidazole rings is 1. The van der Waals surface area contributed by atoms with Gasteiger partial charge in [0, 0.05) is 19.8 Å². The van der Waals surface area contributed by atoms with Gasteiger partial charge in [0.25, 0.3) is 0 Å². The van der Waals surface area contributed by atoms with Gasteiger partial charge in [0.2, 0.25) is 10.0 Å². The second kappa shape index (κ2) is 5.03. The van der Waals surface area contributed by atoms with Crippen LogP contribution in [0.4, 0.5) is 4.39 Å². The van der Waals surface area contributed by atoms with Gasteiger partial charge in [0.15, 0.2) is 0 Å². The smallest absolute Gasteiger partial charge is 0.242 e. The summed E-state index contributed by atoms with van der Waals surface area (Å²) in [6.45, 7) is -0.356. The Morgan fingerprint density at radius 1 is 1.50 bits per heavy atom. The van der Waals surface area contributed by atoms with Gasteiger partial charge in [-0.3, -0.25) is 4.39 Å². The minimum absolute atomic E-state index is 0.170. The third-order valence-corrected chi connectivity index (χ3v) is 4.55. The van der Waals surface area contributed by atoms with E-state index in [4.69, 9.17) is 0 Å². The van der Waals surface area contributed by atoms with Gasteiger partial charge in [-0.25, -0.2) is 17.7 Å². The Balaban J connectivity index is 2.33. The van der Waals surface area contributed by atoms with Crippen LogP contribution in [-0.2, 0) is 10.0 Å². The number of sulfonamides is 1. The lowest BCUT2D eigenvalue weighted by molar-refractivity contribution is 0.407. The quantitative estimate of drug-likeness (QED) is 0.824. The topological polar surface area (TPSA) is 54.7 Å². The maximum absolute atomic E-state index is 12.2. The Hall–Kier alpha value is -1.47. The molecule has 0 fully saturated rings. The van der Waals surface area contributed by atoms with Crippen molar-refractivity contribution < 1.29 is 12.8 Å². The average molecular weight is 271 g/mol. The average Bonchev–Trinajstić information content (AvgIpc) is 2.82. The van der Waals surface area contributed by atoms with Crippen LogP contribution in [-0.4, -0.2) is 42.4 Å². The van der Waals surface area contributed by atoms with Crippen LogP contribution >= 0.6 is 0 Å². The summed E-state index contributed by atoms with van der Waals surface area (Å²) >= 11 is 0. The molecule has 0 atom stereocenters. The van der Waals surface area contributed by atoms with Crippen molar-refractivity contribution in [3.63, 3.8) is 0 Å². The number of rotatable bonds is 5. The number of hydrogen-bond donors (Lipinski definition) is 0. The van der Waals surface area contributed by atoms with Crippen molar-refractivity contribution in [3.05, 3.63) is 30.9 Å². The van der Waals surface area contributed by atoms with Gasteiger partial charge in [0.05, 0.1) is 29.6 Å². The molecule has 5 nitrogen and oxygen atoms in total. The zero-order valence-electron chi connectivity index (χ0n) is 9.95. The minimum atomic E-state index is -3.56. The molecule has 0 aromatic carbocycles. The zero-order chi connectivity index (χ0) is 13.2. The van der Waals surface area contributed by atoms with Crippen LogP contribution in [0.1, 0.15) is 6.42 Å². The maximum atomic E-state index is 12.2.